The van der Waals surface area contributed by atoms with Gasteiger partial charge in [0.05, 0.1) is 10.6 Å². The van der Waals surface area contributed by atoms with Gasteiger partial charge in [0.15, 0.2) is 5.65 Å². The number of nitrogens with one attached hydrogen (secondary N) is 4. The van der Waals surface area contributed by atoms with Gasteiger partial charge in [0, 0.05) is 18.3 Å². The Morgan fingerprint density at radius 3 is 2.55 bits per heavy atom. The number of aromatic nitrogens is 5. The number of hydrogen-bond acceptors (Lipinski definition) is 9. The number of carbonyl (C=O) groups is 1. The lowest BCUT2D eigenvalue weighted by atomic mass is 10.1. The number of piperidine rings is 1. The van der Waals surface area contributed by atoms with E-state index in [-0.39, 0.29) is 22.7 Å². The minimum absolute atomic E-state index is 0.0642. The Kier molecular flexibility index (Phi) is 8.00. The topological polar surface area (TPSA) is 159 Å². The van der Waals surface area contributed by atoms with Crippen molar-refractivity contribution in [1.29, 1.82) is 0 Å². The Morgan fingerprint density at radius 1 is 1.05 bits per heavy atom. The molecular formula is C26H30N10O3S. The summed E-state index contributed by atoms with van der Waals surface area (Å²) in [6, 6.07) is 13.1. The van der Waals surface area contributed by atoms with Gasteiger partial charge in [-0.3, -0.25) is 15.7 Å². The summed E-state index contributed by atoms with van der Waals surface area (Å²) in [7, 11) is -1.81. The quantitative estimate of drug-likeness (QED) is 0.237. The summed E-state index contributed by atoms with van der Waals surface area (Å²) in [4.78, 5) is 26.3. The molecule has 1 aliphatic rings. The Morgan fingerprint density at radius 2 is 1.82 bits per heavy atom. The number of anilines is 2. The van der Waals surface area contributed by atoms with Gasteiger partial charge < -0.3 is 10.2 Å². The number of pyridine rings is 1. The third-order valence-electron chi connectivity index (χ3n) is 6.43. The third-order valence-corrected chi connectivity index (χ3v) is 7.70. The van der Waals surface area contributed by atoms with Crippen LogP contribution >= 0.6 is 0 Å². The molecule has 14 heteroatoms. The van der Waals surface area contributed by atoms with Crippen molar-refractivity contribution in [2.24, 2.45) is 0 Å². The molecular weight excluding hydrogens is 532 g/mol. The average molecular weight is 563 g/mol. The lowest BCUT2D eigenvalue weighted by molar-refractivity contribution is 0.221. The van der Waals surface area contributed by atoms with E-state index in [1.807, 2.05) is 25.1 Å². The Hall–Kier alpha value is -4.40. The maximum Gasteiger partial charge on any atom is 0.321 e. The van der Waals surface area contributed by atoms with Gasteiger partial charge in [-0.05, 0) is 76.3 Å². The minimum Gasteiger partial charge on any atom is -0.335 e. The first kappa shape index (κ1) is 27.2. The molecule has 1 fully saturated rings. The molecule has 4 heterocycles. The molecule has 0 atom stereocenters. The van der Waals surface area contributed by atoms with E-state index in [2.05, 4.69) is 53.0 Å². The van der Waals surface area contributed by atoms with E-state index in [4.69, 9.17) is 0 Å². The first-order valence-electron chi connectivity index (χ1n) is 12.7. The first-order chi connectivity index (χ1) is 19.3. The van der Waals surface area contributed by atoms with E-state index in [9.17, 15) is 13.2 Å². The van der Waals surface area contributed by atoms with Crippen LogP contribution in [0.2, 0.25) is 0 Å². The van der Waals surface area contributed by atoms with Crippen LogP contribution in [-0.4, -0.2) is 70.1 Å². The van der Waals surface area contributed by atoms with Crippen LogP contribution in [0.4, 0.5) is 16.6 Å². The minimum atomic E-state index is -3.87. The highest BCUT2D eigenvalue weighted by molar-refractivity contribution is 7.89. The smallest absolute Gasteiger partial charge is 0.321 e. The molecule has 4 N–H and O–H groups in total. The summed E-state index contributed by atoms with van der Waals surface area (Å²) < 4.78 is 27.1. The van der Waals surface area contributed by atoms with Gasteiger partial charge in [0.1, 0.15) is 11.6 Å². The zero-order valence-electron chi connectivity index (χ0n) is 22.1. The molecule has 2 amide bonds. The van der Waals surface area contributed by atoms with Crippen molar-refractivity contribution in [3.05, 3.63) is 71.8 Å². The number of likely N-dealkylation sites (tertiary alicyclic amines) is 1. The second-order valence-electron chi connectivity index (χ2n) is 9.52. The fourth-order valence-electron chi connectivity index (χ4n) is 4.21. The predicted molar refractivity (Wildman–Crippen MR) is 152 cm³/mol. The summed E-state index contributed by atoms with van der Waals surface area (Å²) in [6.45, 7) is 3.70. The fraction of sp³-hybridized carbons (Fsp3) is 0.269. The van der Waals surface area contributed by atoms with Gasteiger partial charge in [0.2, 0.25) is 5.95 Å². The van der Waals surface area contributed by atoms with E-state index in [1.165, 1.54) is 18.2 Å². The highest BCUT2D eigenvalue weighted by Gasteiger charge is 2.21. The van der Waals surface area contributed by atoms with E-state index in [1.54, 1.807) is 34.9 Å². The summed E-state index contributed by atoms with van der Waals surface area (Å²) in [5.41, 5.74) is 4.61. The Labute approximate surface area is 231 Å². The van der Waals surface area contributed by atoms with Crippen LogP contribution < -0.4 is 20.9 Å². The van der Waals surface area contributed by atoms with E-state index in [0.29, 0.717) is 17.2 Å². The fourth-order valence-corrected chi connectivity index (χ4v) is 5.06. The van der Waals surface area contributed by atoms with Crippen molar-refractivity contribution in [2.75, 3.05) is 30.9 Å². The molecule has 5 rings (SSSR count). The molecule has 0 spiro atoms. The molecule has 0 saturated carbocycles. The number of aryl methyl sites for hydroxylation is 1. The molecule has 0 bridgehead atoms. The van der Waals surface area contributed by atoms with Gasteiger partial charge in [-0.1, -0.05) is 23.8 Å². The maximum absolute atomic E-state index is 12.8. The van der Waals surface area contributed by atoms with Gasteiger partial charge in [-0.2, -0.15) is 0 Å². The van der Waals surface area contributed by atoms with Crippen LogP contribution in [-0.2, 0) is 10.0 Å². The van der Waals surface area contributed by atoms with Crippen LogP contribution in [0.1, 0.15) is 29.9 Å². The molecule has 208 valence electrons. The second kappa shape index (κ2) is 11.8. The number of rotatable bonds is 8. The van der Waals surface area contributed by atoms with Gasteiger partial charge >= 0.3 is 6.03 Å². The summed E-state index contributed by atoms with van der Waals surface area (Å²) in [5, 5.41) is 14.1. The predicted octanol–water partition coefficient (Wildman–Crippen LogP) is 2.52. The number of amides is 2. The normalized spacial score (nSPS) is 14.9. The number of sulfonamides is 1. The van der Waals surface area contributed by atoms with Crippen LogP contribution in [0.15, 0.2) is 59.6 Å². The van der Waals surface area contributed by atoms with E-state index in [0.717, 1.165) is 31.5 Å². The van der Waals surface area contributed by atoms with Crippen LogP contribution in [0.25, 0.3) is 17.8 Å². The summed E-state index contributed by atoms with van der Waals surface area (Å²) in [5.74, 6) is 0.679. The number of hydrazine groups is 1. The molecule has 40 heavy (non-hydrogen) atoms. The van der Waals surface area contributed by atoms with Crippen molar-refractivity contribution in [2.45, 2.75) is 30.7 Å². The van der Waals surface area contributed by atoms with Gasteiger partial charge in [-0.25, -0.2) is 22.6 Å². The monoisotopic (exact) mass is 562 g/mol. The Bertz CT molecular complexity index is 1610. The molecule has 0 radical (unpaired) electrons. The number of hydrogen-bond donors (Lipinski definition) is 4. The van der Waals surface area contributed by atoms with Crippen molar-refractivity contribution >= 4 is 45.6 Å². The molecule has 0 unspecified atom stereocenters. The molecule has 4 aromatic rings. The highest BCUT2D eigenvalue weighted by atomic mass is 32.2. The van der Waals surface area contributed by atoms with Crippen molar-refractivity contribution in [3.63, 3.8) is 0 Å². The number of nitrogens with zero attached hydrogens (tertiary/aromatic N) is 6. The molecule has 1 saturated heterocycles. The number of benzene rings is 1. The highest BCUT2D eigenvalue weighted by Crippen LogP contribution is 2.18. The van der Waals surface area contributed by atoms with Crippen molar-refractivity contribution in [1.82, 2.24) is 39.6 Å². The van der Waals surface area contributed by atoms with Crippen LogP contribution in [0.5, 0.6) is 0 Å². The van der Waals surface area contributed by atoms with Crippen LogP contribution in [0, 0.1) is 6.92 Å². The number of carbonyl (C=O) groups excluding carboxylic acids is 1. The molecule has 1 aliphatic heterocycles. The largest absolute Gasteiger partial charge is 0.335 e. The lowest BCUT2D eigenvalue weighted by Gasteiger charge is -2.29. The van der Waals surface area contributed by atoms with Gasteiger partial charge in [0.25, 0.3) is 10.0 Å². The number of urea groups is 1. The van der Waals surface area contributed by atoms with Crippen LogP contribution in [0.3, 0.4) is 0 Å². The SMILES string of the molecule is Cc1ccc(S(=O)(=O)NNc2cc3nnc(NC(=O)NC4CCN(C)CC4)n3c(/C=C/c3ccccn3)n2)cc1. The Balaban J connectivity index is 1.40. The molecule has 1 aromatic carbocycles. The zero-order valence-corrected chi connectivity index (χ0v) is 22.9. The average Bonchev–Trinajstić information content (AvgIpc) is 3.35. The summed E-state index contributed by atoms with van der Waals surface area (Å²) in [6.07, 6.45) is 6.80. The maximum atomic E-state index is 12.8. The van der Waals surface area contributed by atoms with Crippen molar-refractivity contribution in [3.8, 4) is 0 Å². The third kappa shape index (κ3) is 6.59. The zero-order chi connectivity index (χ0) is 28.1. The lowest BCUT2D eigenvalue weighted by Crippen LogP contribution is -2.45. The van der Waals surface area contributed by atoms with E-state index < -0.39 is 16.1 Å². The molecule has 13 nitrogen and oxygen atoms in total. The summed E-state index contributed by atoms with van der Waals surface area (Å²) >= 11 is 0. The van der Waals surface area contributed by atoms with Crippen molar-refractivity contribution < 1.29 is 13.2 Å². The standard InChI is InChI=1S/C26H30N10O3S/c1-18-6-9-21(10-7-18)40(38,39)34-31-22-17-24-32-33-25(30-26(37)28-20-12-15-35(2)16-13-20)36(24)23(29-22)11-8-19-5-3-4-14-27-19/h3-11,14,17,20,31,34H,12-13,15-16H2,1-2H3,(H2,28,30,33,37)/b11-8+. The second-order valence-corrected chi connectivity index (χ2v) is 11.2. The van der Waals surface area contributed by atoms with E-state index >= 15 is 0 Å². The number of fused-ring (bicyclic) bond motifs is 1. The molecule has 3 aromatic heterocycles. The molecule has 0 aliphatic carbocycles. The van der Waals surface area contributed by atoms with Gasteiger partial charge in [-0.15, -0.1) is 15.0 Å². The first-order valence-corrected chi connectivity index (χ1v) is 14.2.